The van der Waals surface area contributed by atoms with Crippen LogP contribution in [0.1, 0.15) is 36.0 Å². The minimum atomic E-state index is 0.206. The van der Waals surface area contributed by atoms with Gasteiger partial charge in [0.2, 0.25) is 5.91 Å². The predicted octanol–water partition coefficient (Wildman–Crippen LogP) is 4.05. The molecule has 1 amide bonds. The second-order valence-electron chi connectivity index (χ2n) is 6.79. The van der Waals surface area contributed by atoms with Crippen LogP contribution in [0, 0.1) is 13.8 Å². The molecule has 5 nitrogen and oxygen atoms in total. The maximum Gasteiger partial charge on any atom is 0.222 e. The number of nitrogens with zero attached hydrogens (tertiary/aromatic N) is 4. The van der Waals surface area contributed by atoms with E-state index in [1.54, 1.807) is 6.07 Å². The fraction of sp³-hybridized carbons (Fsp3) is 0.450. The Morgan fingerprint density at radius 3 is 2.44 bits per heavy atom. The molecular formula is C20H24Cl2N4O. The van der Waals surface area contributed by atoms with Crippen LogP contribution < -0.4 is 4.90 Å². The van der Waals surface area contributed by atoms with Gasteiger partial charge in [0.15, 0.2) is 0 Å². The number of hydrogen-bond acceptors (Lipinski definition) is 4. The number of amides is 1. The van der Waals surface area contributed by atoms with Crippen molar-refractivity contribution in [3.05, 3.63) is 50.9 Å². The summed E-state index contributed by atoms with van der Waals surface area (Å²) in [5.74, 6) is 1.90. The van der Waals surface area contributed by atoms with Crippen LogP contribution in [0.3, 0.4) is 0 Å². The monoisotopic (exact) mass is 406 g/mol. The second-order valence-corrected chi connectivity index (χ2v) is 7.64. The molecule has 0 N–H and O–H groups in total. The summed E-state index contributed by atoms with van der Waals surface area (Å²) >= 11 is 12.4. The molecule has 144 valence electrons. The zero-order valence-electron chi connectivity index (χ0n) is 15.9. The summed E-state index contributed by atoms with van der Waals surface area (Å²) in [6, 6.07) is 5.56. The fourth-order valence-corrected chi connectivity index (χ4v) is 3.91. The Morgan fingerprint density at radius 1 is 1.11 bits per heavy atom. The van der Waals surface area contributed by atoms with E-state index in [2.05, 4.69) is 9.88 Å². The van der Waals surface area contributed by atoms with Crippen LogP contribution in [0.4, 0.5) is 5.82 Å². The average Bonchev–Trinajstić information content (AvgIpc) is 2.65. The van der Waals surface area contributed by atoms with Gasteiger partial charge in [-0.25, -0.2) is 9.97 Å². The van der Waals surface area contributed by atoms with E-state index < -0.39 is 0 Å². The fourth-order valence-electron chi connectivity index (χ4n) is 3.43. The molecule has 0 spiro atoms. The minimum absolute atomic E-state index is 0.206. The molecule has 1 fully saturated rings. The van der Waals surface area contributed by atoms with Crippen molar-refractivity contribution < 1.29 is 4.79 Å². The highest BCUT2D eigenvalue weighted by Crippen LogP contribution is 2.29. The Morgan fingerprint density at radius 2 is 1.81 bits per heavy atom. The van der Waals surface area contributed by atoms with Crippen LogP contribution in [0.25, 0.3) is 0 Å². The van der Waals surface area contributed by atoms with Gasteiger partial charge in [0.1, 0.15) is 11.6 Å². The van der Waals surface area contributed by atoms with Crippen LogP contribution in [0.5, 0.6) is 0 Å². The Balaban J connectivity index is 1.88. The first-order chi connectivity index (χ1) is 12.9. The normalized spacial score (nSPS) is 14.6. The third-order valence-corrected chi connectivity index (χ3v) is 5.51. The first-order valence-electron chi connectivity index (χ1n) is 9.19. The minimum Gasteiger partial charge on any atom is -0.353 e. The number of anilines is 1. The summed E-state index contributed by atoms with van der Waals surface area (Å²) < 4.78 is 0. The van der Waals surface area contributed by atoms with Crippen molar-refractivity contribution in [2.24, 2.45) is 0 Å². The van der Waals surface area contributed by atoms with Gasteiger partial charge in [-0.1, -0.05) is 36.2 Å². The van der Waals surface area contributed by atoms with Crippen molar-refractivity contribution in [2.45, 2.75) is 33.6 Å². The molecule has 0 radical (unpaired) electrons. The first-order valence-corrected chi connectivity index (χ1v) is 9.95. The number of piperazine rings is 1. The van der Waals surface area contributed by atoms with Crippen LogP contribution >= 0.6 is 23.2 Å². The van der Waals surface area contributed by atoms with Crippen LogP contribution in [0.15, 0.2) is 18.2 Å². The Labute approximate surface area is 170 Å². The molecule has 3 rings (SSSR count). The molecule has 0 aliphatic carbocycles. The number of carbonyl (C=O) groups excluding carboxylic acids is 1. The number of aryl methyl sites for hydroxylation is 2. The lowest BCUT2D eigenvalue weighted by Crippen LogP contribution is -2.49. The highest BCUT2D eigenvalue weighted by Gasteiger charge is 2.24. The van der Waals surface area contributed by atoms with Crippen LogP contribution in [0.2, 0.25) is 10.0 Å². The maximum absolute atomic E-state index is 11.9. The van der Waals surface area contributed by atoms with Gasteiger partial charge in [-0.3, -0.25) is 4.79 Å². The van der Waals surface area contributed by atoms with E-state index in [4.69, 9.17) is 28.2 Å². The number of hydrogen-bond donors (Lipinski definition) is 0. The van der Waals surface area contributed by atoms with Crippen LogP contribution in [-0.4, -0.2) is 47.0 Å². The molecule has 2 heterocycles. The zero-order chi connectivity index (χ0) is 19.6. The highest BCUT2D eigenvalue weighted by molar-refractivity contribution is 6.35. The Hall–Kier alpha value is -1.85. The molecule has 27 heavy (non-hydrogen) atoms. The summed E-state index contributed by atoms with van der Waals surface area (Å²) in [5, 5.41) is 1.27. The van der Waals surface area contributed by atoms with Crippen molar-refractivity contribution in [1.29, 1.82) is 0 Å². The molecule has 0 saturated carbocycles. The molecule has 1 aliphatic rings. The van der Waals surface area contributed by atoms with Crippen molar-refractivity contribution in [2.75, 3.05) is 31.1 Å². The van der Waals surface area contributed by atoms with Crippen molar-refractivity contribution in [3.8, 4) is 0 Å². The standard InChI is InChI=1S/C20H24Cl2N4O/c1-4-19(27)25-7-9-26(10-8-25)20-17(13(2)23-14(3)24-20)11-15-5-6-16(21)12-18(15)22/h5-6,12H,4,7-11H2,1-3H3. The SMILES string of the molecule is CCC(=O)N1CCN(c2nc(C)nc(C)c2Cc2ccc(Cl)cc2Cl)CC1. The summed E-state index contributed by atoms with van der Waals surface area (Å²) in [7, 11) is 0. The largest absolute Gasteiger partial charge is 0.353 e. The zero-order valence-corrected chi connectivity index (χ0v) is 17.4. The maximum atomic E-state index is 11.9. The molecule has 1 saturated heterocycles. The molecule has 1 aromatic carbocycles. The number of benzene rings is 1. The lowest BCUT2D eigenvalue weighted by molar-refractivity contribution is -0.131. The molecule has 1 aromatic heterocycles. The average molecular weight is 407 g/mol. The number of aromatic nitrogens is 2. The van der Waals surface area contributed by atoms with E-state index >= 15 is 0 Å². The quantitative estimate of drug-likeness (QED) is 0.768. The molecule has 0 unspecified atom stereocenters. The number of halogens is 2. The molecule has 0 bridgehead atoms. The smallest absolute Gasteiger partial charge is 0.222 e. The van der Waals surface area contributed by atoms with Crippen molar-refractivity contribution in [1.82, 2.24) is 14.9 Å². The van der Waals surface area contributed by atoms with Gasteiger partial charge in [-0.15, -0.1) is 0 Å². The highest BCUT2D eigenvalue weighted by atomic mass is 35.5. The molecular weight excluding hydrogens is 383 g/mol. The summed E-state index contributed by atoms with van der Waals surface area (Å²) in [5.41, 5.74) is 3.02. The second kappa shape index (κ2) is 8.44. The van der Waals surface area contributed by atoms with Gasteiger partial charge in [0.25, 0.3) is 0 Å². The topological polar surface area (TPSA) is 49.3 Å². The summed E-state index contributed by atoms with van der Waals surface area (Å²) in [4.78, 5) is 25.4. The Kier molecular flexibility index (Phi) is 6.22. The van der Waals surface area contributed by atoms with E-state index in [0.29, 0.717) is 22.9 Å². The van der Waals surface area contributed by atoms with Gasteiger partial charge in [-0.05, 0) is 31.5 Å². The van der Waals surface area contributed by atoms with Gasteiger partial charge in [0, 0.05) is 60.3 Å². The van der Waals surface area contributed by atoms with Crippen molar-refractivity contribution >= 4 is 34.9 Å². The third kappa shape index (κ3) is 4.53. The Bertz CT molecular complexity index is 848. The molecule has 0 atom stereocenters. The lowest BCUT2D eigenvalue weighted by atomic mass is 10.0. The lowest BCUT2D eigenvalue weighted by Gasteiger charge is -2.36. The van der Waals surface area contributed by atoms with E-state index in [-0.39, 0.29) is 5.91 Å². The van der Waals surface area contributed by atoms with E-state index in [1.165, 1.54) is 0 Å². The van der Waals surface area contributed by atoms with E-state index in [0.717, 1.165) is 54.6 Å². The van der Waals surface area contributed by atoms with Crippen molar-refractivity contribution in [3.63, 3.8) is 0 Å². The van der Waals surface area contributed by atoms with Gasteiger partial charge >= 0.3 is 0 Å². The van der Waals surface area contributed by atoms with E-state index in [9.17, 15) is 4.79 Å². The first kappa shape index (κ1) is 19.9. The summed E-state index contributed by atoms with van der Waals surface area (Å²) in [6.45, 7) is 8.79. The summed E-state index contributed by atoms with van der Waals surface area (Å²) in [6.07, 6.45) is 1.19. The van der Waals surface area contributed by atoms with Gasteiger partial charge < -0.3 is 9.80 Å². The van der Waals surface area contributed by atoms with Crippen LogP contribution in [-0.2, 0) is 11.2 Å². The predicted molar refractivity (Wildman–Crippen MR) is 110 cm³/mol. The molecule has 7 heteroatoms. The van der Waals surface area contributed by atoms with E-state index in [1.807, 2.05) is 37.8 Å². The van der Waals surface area contributed by atoms with Gasteiger partial charge in [0.05, 0.1) is 0 Å². The van der Waals surface area contributed by atoms with Gasteiger partial charge in [-0.2, -0.15) is 0 Å². The third-order valence-electron chi connectivity index (χ3n) is 4.92. The molecule has 1 aliphatic heterocycles. The number of carbonyl (C=O) groups is 1. The number of rotatable bonds is 4. The molecule has 2 aromatic rings.